The number of carbonyl (C=O) groups is 2. The topological polar surface area (TPSA) is 86.6 Å². The average Bonchev–Trinajstić information content (AvgIpc) is 2.28. The van der Waals surface area contributed by atoms with E-state index in [1.807, 2.05) is 6.92 Å². The number of amides is 1. The molecule has 0 saturated heterocycles. The highest BCUT2D eigenvalue weighted by Gasteiger charge is 2.14. The van der Waals surface area contributed by atoms with Gasteiger partial charge in [-0.15, -0.1) is 0 Å². The van der Waals surface area contributed by atoms with Crippen molar-refractivity contribution < 1.29 is 19.8 Å². The molecule has 0 aliphatic carbocycles. The Labute approximate surface area is 99.1 Å². The van der Waals surface area contributed by atoms with Crippen LogP contribution in [0.5, 0.6) is 5.75 Å². The van der Waals surface area contributed by atoms with Crippen LogP contribution in [0.2, 0.25) is 0 Å². The molecule has 0 radical (unpaired) electrons. The first-order valence-corrected chi connectivity index (χ1v) is 5.41. The molecule has 0 aliphatic rings. The van der Waals surface area contributed by atoms with Gasteiger partial charge in [-0.2, -0.15) is 0 Å². The number of rotatable bonds is 5. The maximum Gasteiger partial charge on any atom is 0.339 e. The van der Waals surface area contributed by atoms with Crippen molar-refractivity contribution >= 4 is 17.6 Å². The van der Waals surface area contributed by atoms with E-state index in [2.05, 4.69) is 5.32 Å². The summed E-state index contributed by atoms with van der Waals surface area (Å²) in [7, 11) is 0. The van der Waals surface area contributed by atoms with E-state index < -0.39 is 11.7 Å². The largest absolute Gasteiger partial charge is 0.505 e. The number of hydrogen-bond acceptors (Lipinski definition) is 3. The monoisotopic (exact) mass is 237 g/mol. The van der Waals surface area contributed by atoms with Gasteiger partial charge in [0, 0.05) is 6.42 Å². The Hall–Kier alpha value is -2.04. The van der Waals surface area contributed by atoms with Crippen molar-refractivity contribution in [3.05, 3.63) is 23.8 Å². The lowest BCUT2D eigenvalue weighted by Crippen LogP contribution is -2.12. The van der Waals surface area contributed by atoms with Crippen molar-refractivity contribution in [3.63, 3.8) is 0 Å². The first-order chi connectivity index (χ1) is 8.06. The van der Waals surface area contributed by atoms with Gasteiger partial charge < -0.3 is 15.5 Å². The molecule has 0 saturated carbocycles. The van der Waals surface area contributed by atoms with Gasteiger partial charge in [-0.3, -0.25) is 4.79 Å². The number of unbranched alkanes of at least 4 members (excludes halogenated alkanes) is 1. The lowest BCUT2D eigenvalue weighted by Gasteiger charge is -2.08. The molecule has 1 amide bonds. The summed E-state index contributed by atoms with van der Waals surface area (Å²) < 4.78 is 0. The molecule has 1 aromatic rings. The second-order valence-electron chi connectivity index (χ2n) is 3.66. The molecule has 0 unspecified atom stereocenters. The summed E-state index contributed by atoms with van der Waals surface area (Å²) in [4.78, 5) is 22.2. The molecule has 17 heavy (non-hydrogen) atoms. The van der Waals surface area contributed by atoms with E-state index in [0.29, 0.717) is 6.42 Å². The van der Waals surface area contributed by atoms with Crippen LogP contribution in [0.3, 0.4) is 0 Å². The first kappa shape index (κ1) is 13.0. The number of carbonyl (C=O) groups excluding carboxylic acids is 1. The molecule has 0 aliphatic heterocycles. The molecular weight excluding hydrogens is 222 g/mol. The highest BCUT2D eigenvalue weighted by Crippen LogP contribution is 2.27. The molecule has 0 bridgehead atoms. The Morgan fingerprint density at radius 1 is 1.35 bits per heavy atom. The Kier molecular flexibility index (Phi) is 4.51. The van der Waals surface area contributed by atoms with Crippen LogP contribution >= 0.6 is 0 Å². The van der Waals surface area contributed by atoms with Crippen molar-refractivity contribution in [1.29, 1.82) is 0 Å². The van der Waals surface area contributed by atoms with Gasteiger partial charge in [0.15, 0.2) is 5.75 Å². The standard InChI is InChI=1S/C12H15NO4/c1-2-3-7-10(14)13-9-6-4-5-8(11(9)15)12(16)17/h4-6,15H,2-3,7H2,1H3,(H,13,14)(H,16,17). The normalized spacial score (nSPS) is 9.94. The summed E-state index contributed by atoms with van der Waals surface area (Å²) in [6.45, 7) is 1.97. The SMILES string of the molecule is CCCCC(=O)Nc1cccc(C(=O)O)c1O. The molecule has 0 fully saturated rings. The van der Waals surface area contributed by atoms with Gasteiger partial charge in [0.1, 0.15) is 5.56 Å². The van der Waals surface area contributed by atoms with Crippen LogP contribution in [0.1, 0.15) is 36.5 Å². The number of para-hydroxylation sites is 1. The summed E-state index contributed by atoms with van der Waals surface area (Å²) in [5.41, 5.74) is -0.0932. The fraction of sp³-hybridized carbons (Fsp3) is 0.333. The molecule has 0 aromatic heterocycles. The predicted octanol–water partition coefficient (Wildman–Crippen LogP) is 2.22. The number of carboxylic acids is 1. The zero-order valence-corrected chi connectivity index (χ0v) is 9.56. The van der Waals surface area contributed by atoms with Crippen LogP contribution in [-0.4, -0.2) is 22.1 Å². The van der Waals surface area contributed by atoms with Crippen molar-refractivity contribution in [3.8, 4) is 5.75 Å². The minimum absolute atomic E-state index is 0.131. The van der Waals surface area contributed by atoms with Crippen molar-refractivity contribution in [2.24, 2.45) is 0 Å². The van der Waals surface area contributed by atoms with Crippen molar-refractivity contribution in [2.45, 2.75) is 26.2 Å². The molecule has 1 rings (SSSR count). The van der Waals surface area contributed by atoms with Crippen LogP contribution in [0.4, 0.5) is 5.69 Å². The Morgan fingerprint density at radius 2 is 2.06 bits per heavy atom. The lowest BCUT2D eigenvalue weighted by molar-refractivity contribution is -0.116. The number of aromatic carboxylic acids is 1. The van der Waals surface area contributed by atoms with E-state index in [4.69, 9.17) is 5.11 Å². The minimum Gasteiger partial charge on any atom is -0.505 e. The molecule has 5 heteroatoms. The smallest absolute Gasteiger partial charge is 0.339 e. The van der Waals surface area contributed by atoms with Crippen LogP contribution in [0, 0.1) is 0 Å². The summed E-state index contributed by atoms with van der Waals surface area (Å²) in [5.74, 6) is -1.87. The van der Waals surface area contributed by atoms with Crippen LogP contribution in [0.15, 0.2) is 18.2 Å². The first-order valence-electron chi connectivity index (χ1n) is 5.41. The number of carboxylic acid groups (broad SMARTS) is 1. The second-order valence-corrected chi connectivity index (χ2v) is 3.66. The maximum absolute atomic E-state index is 11.4. The third kappa shape index (κ3) is 3.48. The highest BCUT2D eigenvalue weighted by atomic mass is 16.4. The number of anilines is 1. The third-order valence-corrected chi connectivity index (χ3v) is 2.30. The van der Waals surface area contributed by atoms with Crippen molar-refractivity contribution in [1.82, 2.24) is 0 Å². The molecule has 92 valence electrons. The van der Waals surface area contributed by atoms with Gasteiger partial charge in [-0.1, -0.05) is 19.4 Å². The number of benzene rings is 1. The zero-order valence-electron chi connectivity index (χ0n) is 9.56. The van der Waals surface area contributed by atoms with E-state index in [1.54, 1.807) is 0 Å². The van der Waals surface area contributed by atoms with E-state index >= 15 is 0 Å². The number of hydrogen-bond donors (Lipinski definition) is 3. The fourth-order valence-corrected chi connectivity index (χ4v) is 1.37. The number of phenols is 1. The molecule has 0 atom stereocenters. The molecule has 0 spiro atoms. The van der Waals surface area contributed by atoms with Crippen molar-refractivity contribution in [2.75, 3.05) is 5.32 Å². The summed E-state index contributed by atoms with van der Waals surface area (Å²) >= 11 is 0. The second kappa shape index (κ2) is 5.89. The summed E-state index contributed by atoms with van der Waals surface area (Å²) in [6, 6.07) is 4.21. The molecule has 1 aromatic carbocycles. The van der Waals surface area contributed by atoms with Gasteiger partial charge in [0.25, 0.3) is 0 Å². The Balaban J connectivity index is 2.81. The predicted molar refractivity (Wildman–Crippen MR) is 63.2 cm³/mol. The molecular formula is C12H15NO4. The van der Waals surface area contributed by atoms with E-state index in [0.717, 1.165) is 12.8 Å². The minimum atomic E-state index is -1.23. The summed E-state index contributed by atoms with van der Waals surface area (Å²) in [5, 5.41) is 20.9. The maximum atomic E-state index is 11.4. The van der Waals surface area contributed by atoms with Crippen LogP contribution < -0.4 is 5.32 Å². The zero-order chi connectivity index (χ0) is 12.8. The quantitative estimate of drug-likeness (QED) is 0.685. The van der Waals surface area contributed by atoms with E-state index in [1.165, 1.54) is 18.2 Å². The van der Waals surface area contributed by atoms with Crippen LogP contribution in [-0.2, 0) is 4.79 Å². The average molecular weight is 237 g/mol. The number of nitrogens with one attached hydrogen (secondary N) is 1. The van der Waals surface area contributed by atoms with Gasteiger partial charge in [0.2, 0.25) is 5.91 Å². The van der Waals surface area contributed by atoms with Gasteiger partial charge in [-0.25, -0.2) is 4.79 Å². The third-order valence-electron chi connectivity index (χ3n) is 2.30. The fourth-order valence-electron chi connectivity index (χ4n) is 1.37. The Bertz CT molecular complexity index is 429. The van der Waals surface area contributed by atoms with Crippen LogP contribution in [0.25, 0.3) is 0 Å². The van der Waals surface area contributed by atoms with Gasteiger partial charge in [0.05, 0.1) is 5.69 Å². The number of aromatic hydroxyl groups is 1. The van der Waals surface area contributed by atoms with E-state index in [-0.39, 0.29) is 17.2 Å². The lowest BCUT2D eigenvalue weighted by atomic mass is 10.1. The molecule has 3 N–H and O–H groups in total. The molecule has 0 heterocycles. The molecule has 5 nitrogen and oxygen atoms in total. The summed E-state index contributed by atoms with van der Waals surface area (Å²) in [6.07, 6.45) is 2.01. The van der Waals surface area contributed by atoms with Gasteiger partial charge >= 0.3 is 5.97 Å². The van der Waals surface area contributed by atoms with E-state index in [9.17, 15) is 14.7 Å². The highest BCUT2D eigenvalue weighted by molar-refractivity contribution is 5.97. The van der Waals surface area contributed by atoms with Gasteiger partial charge in [-0.05, 0) is 18.6 Å². The Morgan fingerprint density at radius 3 is 2.65 bits per heavy atom.